The second-order valence-corrected chi connectivity index (χ2v) is 6.78. The zero-order valence-electron chi connectivity index (χ0n) is 11.0. The molecule has 0 aliphatic carbocycles. The maximum atomic E-state index is 12.6. The number of aliphatic hydroxyl groups excluding tert-OH is 1. The standard InChI is InChI=1S/C11H20N4O3S/c1-14-8-13-10(12)11(14)19(17,18)15-5-2-3-9(7-15)4-6-16/h8-9,16H,2-7,12H2,1H3. The summed E-state index contributed by atoms with van der Waals surface area (Å²) in [5.74, 6) is 0.245. The predicted octanol–water partition coefficient (Wildman–Crippen LogP) is -0.215. The van der Waals surface area contributed by atoms with Gasteiger partial charge in [0.05, 0.1) is 6.33 Å². The van der Waals surface area contributed by atoms with Crippen molar-refractivity contribution in [2.45, 2.75) is 24.3 Å². The highest BCUT2D eigenvalue weighted by molar-refractivity contribution is 7.89. The fraction of sp³-hybridized carbons (Fsp3) is 0.727. The molecule has 0 amide bonds. The van der Waals surface area contributed by atoms with Gasteiger partial charge in [-0.25, -0.2) is 13.4 Å². The van der Waals surface area contributed by atoms with Crippen LogP contribution in [0.15, 0.2) is 11.4 Å². The molecule has 0 radical (unpaired) electrons. The van der Waals surface area contributed by atoms with E-state index in [1.54, 1.807) is 7.05 Å². The number of nitrogens with zero attached hydrogens (tertiary/aromatic N) is 3. The van der Waals surface area contributed by atoms with Gasteiger partial charge in [0.15, 0.2) is 10.8 Å². The summed E-state index contributed by atoms with van der Waals surface area (Å²) in [4.78, 5) is 3.83. The molecule has 1 aromatic heterocycles. The summed E-state index contributed by atoms with van der Waals surface area (Å²) in [7, 11) is -1.99. The highest BCUT2D eigenvalue weighted by atomic mass is 32.2. The monoisotopic (exact) mass is 288 g/mol. The van der Waals surface area contributed by atoms with Gasteiger partial charge >= 0.3 is 0 Å². The van der Waals surface area contributed by atoms with Crippen LogP contribution in [0.5, 0.6) is 0 Å². The smallest absolute Gasteiger partial charge is 0.262 e. The molecule has 0 aromatic carbocycles. The number of anilines is 1. The molecule has 0 bridgehead atoms. The number of nitrogen functional groups attached to an aromatic ring is 1. The third-order valence-corrected chi connectivity index (χ3v) is 5.51. The van der Waals surface area contributed by atoms with Crippen LogP contribution >= 0.6 is 0 Å². The van der Waals surface area contributed by atoms with Crippen LogP contribution in [0.2, 0.25) is 0 Å². The van der Waals surface area contributed by atoms with Crippen LogP contribution in [0.4, 0.5) is 5.82 Å². The van der Waals surface area contributed by atoms with Crippen molar-refractivity contribution < 1.29 is 13.5 Å². The van der Waals surface area contributed by atoms with E-state index in [0.717, 1.165) is 12.8 Å². The Morgan fingerprint density at radius 1 is 1.58 bits per heavy atom. The minimum atomic E-state index is -3.60. The molecule has 1 unspecified atom stereocenters. The van der Waals surface area contributed by atoms with Crippen molar-refractivity contribution in [3.63, 3.8) is 0 Å². The minimum absolute atomic E-state index is 0.0341. The molecule has 19 heavy (non-hydrogen) atoms. The van der Waals surface area contributed by atoms with E-state index in [4.69, 9.17) is 10.8 Å². The number of aliphatic hydroxyl groups is 1. The number of rotatable bonds is 4. The van der Waals surface area contributed by atoms with Gasteiger partial charge in [-0.3, -0.25) is 0 Å². The Bertz CT molecular complexity index is 519. The molecule has 0 spiro atoms. The molecule has 1 atom stereocenters. The molecule has 0 saturated carbocycles. The number of nitrogens with two attached hydrogens (primary N) is 1. The van der Waals surface area contributed by atoms with E-state index < -0.39 is 10.0 Å². The number of aryl methyl sites for hydroxylation is 1. The van der Waals surface area contributed by atoms with Gasteiger partial charge in [-0.15, -0.1) is 0 Å². The molecule has 2 rings (SSSR count). The summed E-state index contributed by atoms with van der Waals surface area (Å²) >= 11 is 0. The molecule has 1 saturated heterocycles. The lowest BCUT2D eigenvalue weighted by atomic mass is 9.97. The van der Waals surface area contributed by atoms with E-state index >= 15 is 0 Å². The fourth-order valence-electron chi connectivity index (χ4n) is 2.54. The van der Waals surface area contributed by atoms with E-state index in [1.807, 2.05) is 0 Å². The molecule has 1 aromatic rings. The van der Waals surface area contributed by atoms with Gasteiger partial charge in [0.2, 0.25) is 0 Å². The average Bonchev–Trinajstić information content (AvgIpc) is 2.70. The molecule has 2 heterocycles. The zero-order valence-corrected chi connectivity index (χ0v) is 11.8. The lowest BCUT2D eigenvalue weighted by molar-refractivity contribution is 0.202. The molecule has 7 nitrogen and oxygen atoms in total. The third kappa shape index (κ3) is 2.75. The van der Waals surface area contributed by atoms with Crippen LogP contribution in [0.3, 0.4) is 0 Å². The lowest BCUT2D eigenvalue weighted by Crippen LogP contribution is -2.40. The Labute approximate surface area is 113 Å². The Morgan fingerprint density at radius 2 is 2.32 bits per heavy atom. The SMILES string of the molecule is Cn1cnc(N)c1S(=O)(=O)N1CCCC(CCO)C1. The van der Waals surface area contributed by atoms with Crippen LogP contribution in [-0.2, 0) is 17.1 Å². The van der Waals surface area contributed by atoms with E-state index in [1.165, 1.54) is 15.2 Å². The predicted molar refractivity (Wildman–Crippen MR) is 70.8 cm³/mol. The van der Waals surface area contributed by atoms with Crippen molar-refractivity contribution in [3.05, 3.63) is 6.33 Å². The fourth-order valence-corrected chi connectivity index (χ4v) is 4.29. The Morgan fingerprint density at radius 3 is 2.89 bits per heavy atom. The quantitative estimate of drug-likeness (QED) is 0.798. The Balaban J connectivity index is 2.25. The minimum Gasteiger partial charge on any atom is -0.396 e. The van der Waals surface area contributed by atoms with Crippen molar-refractivity contribution in [2.24, 2.45) is 13.0 Å². The number of aromatic nitrogens is 2. The summed E-state index contributed by atoms with van der Waals surface area (Å²) in [6, 6.07) is 0. The van der Waals surface area contributed by atoms with Crippen molar-refractivity contribution in [2.75, 3.05) is 25.4 Å². The highest BCUT2D eigenvalue weighted by Gasteiger charge is 2.33. The van der Waals surface area contributed by atoms with Crippen molar-refractivity contribution in [1.29, 1.82) is 0 Å². The third-order valence-electron chi connectivity index (χ3n) is 3.51. The molecular weight excluding hydrogens is 268 g/mol. The van der Waals surface area contributed by atoms with Gasteiger partial charge in [0.1, 0.15) is 0 Å². The molecule has 1 aliphatic rings. The first kappa shape index (κ1) is 14.3. The van der Waals surface area contributed by atoms with Crippen LogP contribution < -0.4 is 5.73 Å². The van der Waals surface area contributed by atoms with E-state index in [0.29, 0.717) is 19.5 Å². The van der Waals surface area contributed by atoms with Crippen LogP contribution in [-0.4, -0.2) is 47.1 Å². The van der Waals surface area contributed by atoms with E-state index in [9.17, 15) is 8.42 Å². The maximum Gasteiger partial charge on any atom is 0.262 e. The van der Waals surface area contributed by atoms with Gasteiger partial charge in [0.25, 0.3) is 10.0 Å². The number of sulfonamides is 1. The number of imidazole rings is 1. The van der Waals surface area contributed by atoms with Gasteiger partial charge < -0.3 is 15.4 Å². The molecule has 1 fully saturated rings. The number of hydrogen-bond donors (Lipinski definition) is 2. The van der Waals surface area contributed by atoms with Crippen LogP contribution in [0.1, 0.15) is 19.3 Å². The van der Waals surface area contributed by atoms with Gasteiger partial charge in [-0.2, -0.15) is 4.31 Å². The normalized spacial score (nSPS) is 21.7. The van der Waals surface area contributed by atoms with Crippen molar-refractivity contribution >= 4 is 15.8 Å². The van der Waals surface area contributed by atoms with Gasteiger partial charge in [0, 0.05) is 26.7 Å². The molecule has 3 N–H and O–H groups in total. The first-order valence-electron chi connectivity index (χ1n) is 6.34. The Hall–Kier alpha value is -1.12. The summed E-state index contributed by atoms with van der Waals surface area (Å²) in [5.41, 5.74) is 5.65. The summed E-state index contributed by atoms with van der Waals surface area (Å²) in [6.07, 6.45) is 3.79. The molecule has 8 heteroatoms. The maximum absolute atomic E-state index is 12.6. The largest absolute Gasteiger partial charge is 0.396 e. The number of piperidine rings is 1. The average molecular weight is 288 g/mol. The van der Waals surface area contributed by atoms with Gasteiger partial charge in [-0.05, 0) is 25.2 Å². The summed E-state index contributed by atoms with van der Waals surface area (Å²) in [6.45, 7) is 1.02. The van der Waals surface area contributed by atoms with Crippen LogP contribution in [0.25, 0.3) is 0 Å². The first-order chi connectivity index (χ1) is 8.96. The number of hydrogen-bond acceptors (Lipinski definition) is 5. The summed E-state index contributed by atoms with van der Waals surface area (Å²) < 4.78 is 28.0. The van der Waals surface area contributed by atoms with E-state index in [2.05, 4.69) is 4.98 Å². The van der Waals surface area contributed by atoms with Gasteiger partial charge in [-0.1, -0.05) is 0 Å². The zero-order chi connectivity index (χ0) is 14.0. The van der Waals surface area contributed by atoms with E-state index in [-0.39, 0.29) is 23.4 Å². The molecule has 1 aliphatic heterocycles. The summed E-state index contributed by atoms with van der Waals surface area (Å²) in [5, 5.41) is 9.03. The Kier molecular flexibility index (Phi) is 4.12. The van der Waals surface area contributed by atoms with Crippen LogP contribution in [0, 0.1) is 5.92 Å². The second kappa shape index (κ2) is 5.48. The van der Waals surface area contributed by atoms with Crippen molar-refractivity contribution in [3.8, 4) is 0 Å². The first-order valence-corrected chi connectivity index (χ1v) is 7.78. The molecular formula is C11H20N4O3S. The topological polar surface area (TPSA) is 101 Å². The second-order valence-electron chi connectivity index (χ2n) is 4.93. The lowest BCUT2D eigenvalue weighted by Gasteiger charge is -2.31. The van der Waals surface area contributed by atoms with Crippen molar-refractivity contribution in [1.82, 2.24) is 13.9 Å². The highest BCUT2D eigenvalue weighted by Crippen LogP contribution is 2.27. The molecule has 108 valence electrons.